The number of fused-ring (bicyclic) bond motifs is 1. The second kappa shape index (κ2) is 10.2. The van der Waals surface area contributed by atoms with Crippen molar-refractivity contribution in [1.29, 1.82) is 0 Å². The van der Waals surface area contributed by atoms with Crippen molar-refractivity contribution in [3.63, 3.8) is 0 Å². The molecule has 0 N–H and O–H groups in total. The molecular weight excluding hydrogens is 462 g/mol. The van der Waals surface area contributed by atoms with Crippen molar-refractivity contribution < 1.29 is 28.7 Å². The van der Waals surface area contributed by atoms with Gasteiger partial charge in [-0.05, 0) is 38.0 Å². The Kier molecular flexibility index (Phi) is 7.13. The van der Waals surface area contributed by atoms with Crippen LogP contribution in [0.25, 0.3) is 10.2 Å². The normalized spacial score (nSPS) is 15.3. The molecule has 1 fully saturated rings. The number of thiazole rings is 1. The van der Waals surface area contributed by atoms with Crippen LogP contribution in [0, 0.1) is 10.1 Å². The van der Waals surface area contributed by atoms with E-state index >= 15 is 0 Å². The topological polar surface area (TPSA) is 113 Å². The highest BCUT2D eigenvalue weighted by atomic mass is 32.1. The monoisotopic (exact) mass is 487 g/mol. The molecule has 11 heteroatoms. The number of anilines is 1. The lowest BCUT2D eigenvalue weighted by molar-refractivity contribution is -0.385. The molecule has 1 atom stereocenters. The highest BCUT2D eigenvalue weighted by Crippen LogP contribution is 2.38. The van der Waals surface area contributed by atoms with E-state index in [1.165, 1.54) is 42.6 Å². The van der Waals surface area contributed by atoms with Gasteiger partial charge in [0, 0.05) is 12.7 Å². The largest absolute Gasteiger partial charge is 0.494 e. The van der Waals surface area contributed by atoms with Gasteiger partial charge in [-0.15, -0.1) is 0 Å². The van der Waals surface area contributed by atoms with E-state index in [0.29, 0.717) is 29.6 Å². The van der Waals surface area contributed by atoms with Crippen molar-refractivity contribution in [2.75, 3.05) is 38.9 Å². The average molecular weight is 488 g/mol. The number of nitro groups is 1. The number of nitrogens with zero attached hydrogens (tertiary/aromatic N) is 3. The van der Waals surface area contributed by atoms with Crippen molar-refractivity contribution in [3.05, 3.63) is 46.0 Å². The molecule has 1 saturated heterocycles. The van der Waals surface area contributed by atoms with E-state index in [-0.39, 0.29) is 35.4 Å². The van der Waals surface area contributed by atoms with Gasteiger partial charge in [-0.25, -0.2) is 4.98 Å². The minimum Gasteiger partial charge on any atom is -0.494 e. The minimum absolute atomic E-state index is 0.116. The molecule has 4 rings (SSSR count). The maximum absolute atomic E-state index is 13.8. The van der Waals surface area contributed by atoms with Gasteiger partial charge in [0.05, 0.1) is 54.7 Å². The Labute approximate surface area is 200 Å². The molecule has 1 aliphatic rings. The summed E-state index contributed by atoms with van der Waals surface area (Å²) in [6.07, 6.45) is 1.49. The highest BCUT2D eigenvalue weighted by molar-refractivity contribution is 7.22. The van der Waals surface area contributed by atoms with Gasteiger partial charge >= 0.3 is 0 Å². The van der Waals surface area contributed by atoms with Gasteiger partial charge in [0.25, 0.3) is 11.6 Å². The number of amides is 1. The van der Waals surface area contributed by atoms with Gasteiger partial charge in [-0.1, -0.05) is 11.3 Å². The van der Waals surface area contributed by atoms with E-state index in [9.17, 15) is 14.9 Å². The third-order valence-corrected chi connectivity index (χ3v) is 6.52. The predicted molar refractivity (Wildman–Crippen MR) is 128 cm³/mol. The summed E-state index contributed by atoms with van der Waals surface area (Å²) >= 11 is 1.32. The minimum atomic E-state index is -0.605. The number of ether oxygens (including phenoxy) is 4. The quantitative estimate of drug-likeness (QED) is 0.321. The lowest BCUT2D eigenvalue weighted by Gasteiger charge is -2.23. The average Bonchev–Trinajstić information content (AvgIpc) is 3.50. The van der Waals surface area contributed by atoms with E-state index < -0.39 is 10.8 Å². The molecular formula is C23H25N3O7S. The van der Waals surface area contributed by atoms with E-state index in [2.05, 4.69) is 4.98 Å². The fourth-order valence-electron chi connectivity index (χ4n) is 3.84. The highest BCUT2D eigenvalue weighted by Gasteiger charge is 2.32. The number of benzene rings is 2. The van der Waals surface area contributed by atoms with Crippen LogP contribution in [0.1, 0.15) is 30.1 Å². The first-order valence-corrected chi connectivity index (χ1v) is 11.6. The Morgan fingerprint density at radius 2 is 2.03 bits per heavy atom. The molecule has 1 aliphatic heterocycles. The van der Waals surface area contributed by atoms with Crippen LogP contribution >= 0.6 is 11.3 Å². The molecule has 0 saturated carbocycles. The molecule has 2 heterocycles. The molecule has 0 radical (unpaired) electrons. The predicted octanol–water partition coefficient (Wildman–Crippen LogP) is 4.45. The first kappa shape index (κ1) is 23.7. The third-order valence-electron chi connectivity index (χ3n) is 5.47. The number of nitro benzene ring substituents is 1. The summed E-state index contributed by atoms with van der Waals surface area (Å²) in [5.41, 5.74) is 0.213. The second-order valence-corrected chi connectivity index (χ2v) is 8.60. The van der Waals surface area contributed by atoms with E-state index in [1.54, 1.807) is 0 Å². The van der Waals surface area contributed by atoms with Gasteiger partial charge < -0.3 is 18.9 Å². The summed E-state index contributed by atoms with van der Waals surface area (Å²) in [5, 5.41) is 12.2. The molecule has 1 amide bonds. The van der Waals surface area contributed by atoms with Crippen LogP contribution < -0.4 is 19.1 Å². The Morgan fingerprint density at radius 3 is 2.68 bits per heavy atom. The number of hydrogen-bond donors (Lipinski definition) is 0. The van der Waals surface area contributed by atoms with Gasteiger partial charge in [0.1, 0.15) is 11.3 Å². The summed E-state index contributed by atoms with van der Waals surface area (Å²) in [7, 11) is 2.79. The smallest absolute Gasteiger partial charge is 0.286 e. The van der Waals surface area contributed by atoms with Crippen molar-refractivity contribution in [2.24, 2.45) is 0 Å². The number of carbonyl (C=O) groups is 1. The Bertz CT molecular complexity index is 1210. The summed E-state index contributed by atoms with van der Waals surface area (Å²) < 4.78 is 22.7. The summed E-state index contributed by atoms with van der Waals surface area (Å²) in [5.74, 6) is 0.531. The van der Waals surface area contributed by atoms with Crippen molar-refractivity contribution >= 4 is 38.3 Å². The fraction of sp³-hybridized carbons (Fsp3) is 0.391. The molecule has 180 valence electrons. The zero-order chi connectivity index (χ0) is 24.2. The number of carbonyl (C=O) groups excluding carboxylic acids is 1. The van der Waals surface area contributed by atoms with Crippen LogP contribution in [0.3, 0.4) is 0 Å². The standard InChI is InChI=1S/C23H25N3O7S/c1-4-32-14-7-8-17-21(10-14)34-23(24-17)25(13-15-6-5-9-33-15)22(27)16-11-19(30-2)20(31-3)12-18(16)26(28)29/h7-8,10-12,15H,4-6,9,13H2,1-3H3. The van der Waals surface area contributed by atoms with Crippen LogP contribution in [0.5, 0.6) is 17.2 Å². The zero-order valence-electron chi connectivity index (χ0n) is 19.1. The first-order chi connectivity index (χ1) is 16.4. The summed E-state index contributed by atoms with van der Waals surface area (Å²) in [4.78, 5) is 31.1. The second-order valence-electron chi connectivity index (χ2n) is 7.59. The summed E-state index contributed by atoms with van der Waals surface area (Å²) in [6, 6.07) is 8.05. The molecule has 34 heavy (non-hydrogen) atoms. The maximum Gasteiger partial charge on any atom is 0.286 e. The van der Waals surface area contributed by atoms with Crippen LogP contribution in [-0.2, 0) is 4.74 Å². The lowest BCUT2D eigenvalue weighted by atomic mass is 10.1. The Balaban J connectivity index is 1.79. The zero-order valence-corrected chi connectivity index (χ0v) is 19.9. The molecule has 10 nitrogen and oxygen atoms in total. The summed E-state index contributed by atoms with van der Waals surface area (Å²) in [6.45, 7) is 3.27. The molecule has 0 aliphatic carbocycles. The van der Waals surface area contributed by atoms with E-state index in [1.807, 2.05) is 25.1 Å². The number of aromatic nitrogens is 1. The molecule has 3 aromatic rings. The number of methoxy groups -OCH3 is 2. The molecule has 1 unspecified atom stereocenters. The van der Waals surface area contributed by atoms with Gasteiger partial charge in [0.2, 0.25) is 0 Å². The Morgan fingerprint density at radius 1 is 1.26 bits per heavy atom. The van der Waals surface area contributed by atoms with E-state index in [0.717, 1.165) is 17.5 Å². The maximum atomic E-state index is 13.8. The molecule has 0 spiro atoms. The first-order valence-electron chi connectivity index (χ1n) is 10.8. The fourth-order valence-corrected chi connectivity index (χ4v) is 4.84. The van der Waals surface area contributed by atoms with Crippen molar-refractivity contribution in [2.45, 2.75) is 25.9 Å². The number of rotatable bonds is 9. The van der Waals surface area contributed by atoms with Crippen molar-refractivity contribution in [3.8, 4) is 17.2 Å². The van der Waals surface area contributed by atoms with Gasteiger partial charge in [-0.3, -0.25) is 19.8 Å². The lowest BCUT2D eigenvalue weighted by Crippen LogP contribution is -2.37. The molecule has 0 bridgehead atoms. The van der Waals surface area contributed by atoms with Gasteiger partial charge in [-0.2, -0.15) is 0 Å². The Hall–Kier alpha value is -3.44. The molecule has 1 aromatic heterocycles. The van der Waals surface area contributed by atoms with Crippen molar-refractivity contribution in [1.82, 2.24) is 4.98 Å². The van der Waals surface area contributed by atoms with Crippen LogP contribution in [0.15, 0.2) is 30.3 Å². The van der Waals surface area contributed by atoms with Crippen LogP contribution in [0.4, 0.5) is 10.8 Å². The number of hydrogen-bond acceptors (Lipinski definition) is 9. The third kappa shape index (κ3) is 4.75. The SMILES string of the molecule is CCOc1ccc2nc(N(CC3CCCO3)C(=O)c3cc(OC)c(OC)cc3[N+](=O)[O-])sc2c1. The van der Waals surface area contributed by atoms with Crippen LogP contribution in [0.2, 0.25) is 0 Å². The molecule has 2 aromatic carbocycles. The van der Waals surface area contributed by atoms with Gasteiger partial charge in [0.15, 0.2) is 16.6 Å². The van der Waals surface area contributed by atoms with Crippen LogP contribution in [-0.4, -0.2) is 55.9 Å². The van der Waals surface area contributed by atoms with E-state index in [4.69, 9.17) is 18.9 Å².